The summed E-state index contributed by atoms with van der Waals surface area (Å²) in [6, 6.07) is 0. The summed E-state index contributed by atoms with van der Waals surface area (Å²) >= 11 is 0. The van der Waals surface area contributed by atoms with Gasteiger partial charge in [0.25, 0.3) is 0 Å². The third kappa shape index (κ3) is 26.0. The van der Waals surface area contributed by atoms with E-state index in [1.165, 1.54) is 103 Å². The van der Waals surface area contributed by atoms with E-state index >= 15 is 0 Å². The topological polar surface area (TPSA) is 72.8 Å². The average Bonchev–Trinajstić information content (AvgIpc) is 2.88. The molecule has 0 aromatic carbocycles. The summed E-state index contributed by atoms with van der Waals surface area (Å²) in [7, 11) is 0. The van der Waals surface area contributed by atoms with E-state index < -0.39 is 6.10 Å². The van der Waals surface area contributed by atoms with Crippen LogP contribution in [-0.2, 0) is 19.1 Å². The van der Waals surface area contributed by atoms with Gasteiger partial charge >= 0.3 is 11.9 Å². The predicted molar refractivity (Wildman–Crippen MR) is 150 cm³/mol. The zero-order valence-corrected chi connectivity index (χ0v) is 24.0. The second-order valence-electron chi connectivity index (χ2n) is 10.5. The molecule has 0 radical (unpaired) electrons. The van der Waals surface area contributed by atoms with Gasteiger partial charge in [0.1, 0.15) is 6.61 Å². The van der Waals surface area contributed by atoms with Crippen molar-refractivity contribution in [2.24, 2.45) is 0 Å². The lowest BCUT2D eigenvalue weighted by Gasteiger charge is -2.15. The van der Waals surface area contributed by atoms with Crippen LogP contribution < -0.4 is 0 Å². The minimum atomic E-state index is -0.757. The Balaban J connectivity index is 3.47. The minimum Gasteiger partial charge on any atom is -0.462 e. The number of aliphatic hydroxyl groups is 1. The van der Waals surface area contributed by atoms with Gasteiger partial charge in [0.15, 0.2) is 6.10 Å². The highest BCUT2D eigenvalue weighted by atomic mass is 16.6. The summed E-state index contributed by atoms with van der Waals surface area (Å²) in [5.41, 5.74) is 0. The maximum atomic E-state index is 12.0. The predicted octanol–water partition coefficient (Wildman–Crippen LogP) is 8.84. The molecule has 0 fully saturated rings. The third-order valence-corrected chi connectivity index (χ3v) is 6.90. The number of esters is 2. The largest absolute Gasteiger partial charge is 0.462 e. The molecule has 214 valence electrons. The molecule has 1 N–H and O–H groups in total. The number of hydrogen-bond acceptors (Lipinski definition) is 5. The van der Waals surface area contributed by atoms with E-state index in [4.69, 9.17) is 9.47 Å². The van der Waals surface area contributed by atoms with Gasteiger partial charge in [-0.1, -0.05) is 142 Å². The van der Waals surface area contributed by atoms with E-state index in [1.54, 1.807) is 0 Å². The van der Waals surface area contributed by atoms with E-state index in [0.717, 1.165) is 38.5 Å². The molecule has 0 aliphatic heterocycles. The van der Waals surface area contributed by atoms with Gasteiger partial charge in [0.2, 0.25) is 0 Å². The van der Waals surface area contributed by atoms with Crippen LogP contribution in [0.15, 0.2) is 0 Å². The number of rotatable bonds is 28. The highest BCUT2D eigenvalue weighted by Crippen LogP contribution is 2.14. The summed E-state index contributed by atoms with van der Waals surface area (Å²) in [5, 5.41) is 9.41. The van der Waals surface area contributed by atoms with Crippen LogP contribution in [0.5, 0.6) is 0 Å². The number of ether oxygens (including phenoxy) is 2. The Morgan fingerprint density at radius 3 is 1.22 bits per heavy atom. The molecular weight excluding hydrogens is 452 g/mol. The molecule has 36 heavy (non-hydrogen) atoms. The summed E-state index contributed by atoms with van der Waals surface area (Å²) in [6.07, 6.45) is 27.6. The molecule has 1 unspecified atom stereocenters. The van der Waals surface area contributed by atoms with Crippen LogP contribution in [0, 0.1) is 0 Å². The van der Waals surface area contributed by atoms with Gasteiger partial charge in [0, 0.05) is 12.8 Å². The lowest BCUT2D eigenvalue weighted by Crippen LogP contribution is -2.28. The molecule has 0 saturated heterocycles. The summed E-state index contributed by atoms with van der Waals surface area (Å²) in [6.45, 7) is 4.05. The molecule has 0 heterocycles. The van der Waals surface area contributed by atoms with Gasteiger partial charge in [-0.3, -0.25) is 9.59 Å². The number of aliphatic hydroxyl groups excluding tert-OH is 1. The maximum absolute atomic E-state index is 12.0. The Kier molecular flexibility index (Phi) is 27.6. The molecule has 5 nitrogen and oxygen atoms in total. The molecule has 0 aliphatic rings. The Morgan fingerprint density at radius 2 is 0.861 bits per heavy atom. The van der Waals surface area contributed by atoms with Gasteiger partial charge in [-0.25, -0.2) is 0 Å². The van der Waals surface area contributed by atoms with Crippen molar-refractivity contribution in [1.29, 1.82) is 0 Å². The molecule has 0 saturated carbocycles. The molecule has 0 bridgehead atoms. The van der Waals surface area contributed by atoms with Crippen LogP contribution in [0.1, 0.15) is 168 Å². The Morgan fingerprint density at radius 1 is 0.528 bits per heavy atom. The van der Waals surface area contributed by atoms with Crippen LogP contribution in [-0.4, -0.2) is 36.4 Å². The lowest BCUT2D eigenvalue weighted by atomic mass is 10.0. The summed E-state index contributed by atoms with van der Waals surface area (Å²) in [4.78, 5) is 23.8. The first-order valence-electron chi connectivity index (χ1n) is 15.6. The second kappa shape index (κ2) is 28.5. The monoisotopic (exact) mass is 512 g/mol. The number of hydrogen-bond donors (Lipinski definition) is 1. The van der Waals surface area contributed by atoms with E-state index in [0.29, 0.717) is 12.8 Å². The maximum Gasteiger partial charge on any atom is 0.306 e. The normalized spacial score (nSPS) is 12.0. The molecule has 0 aromatic rings. The molecule has 1 atom stereocenters. The first kappa shape index (κ1) is 34.9. The fourth-order valence-corrected chi connectivity index (χ4v) is 4.49. The molecule has 0 rings (SSSR count). The fraction of sp³-hybridized carbons (Fsp3) is 0.935. The van der Waals surface area contributed by atoms with Crippen molar-refractivity contribution >= 4 is 11.9 Å². The van der Waals surface area contributed by atoms with Crippen molar-refractivity contribution in [3.63, 3.8) is 0 Å². The smallest absolute Gasteiger partial charge is 0.306 e. The van der Waals surface area contributed by atoms with E-state index in [-0.39, 0.29) is 25.2 Å². The second-order valence-corrected chi connectivity index (χ2v) is 10.5. The van der Waals surface area contributed by atoms with Crippen LogP contribution in [0.4, 0.5) is 0 Å². The first-order valence-corrected chi connectivity index (χ1v) is 15.6. The molecule has 0 amide bonds. The molecule has 0 spiro atoms. The van der Waals surface area contributed by atoms with Crippen LogP contribution >= 0.6 is 0 Å². The van der Waals surface area contributed by atoms with Crippen molar-refractivity contribution in [3.8, 4) is 0 Å². The van der Waals surface area contributed by atoms with E-state index in [9.17, 15) is 14.7 Å². The zero-order valence-electron chi connectivity index (χ0n) is 24.0. The number of carbonyl (C=O) groups is 2. The minimum absolute atomic E-state index is 0.0604. The first-order chi connectivity index (χ1) is 17.6. The summed E-state index contributed by atoms with van der Waals surface area (Å²) < 4.78 is 10.4. The number of carbonyl (C=O) groups excluding carboxylic acids is 2. The average molecular weight is 513 g/mol. The van der Waals surface area contributed by atoms with Crippen molar-refractivity contribution in [2.45, 2.75) is 174 Å². The third-order valence-electron chi connectivity index (χ3n) is 6.90. The Labute approximate surface area is 223 Å². The van der Waals surface area contributed by atoms with Gasteiger partial charge < -0.3 is 14.6 Å². The van der Waals surface area contributed by atoms with Gasteiger partial charge in [-0.2, -0.15) is 0 Å². The highest BCUT2D eigenvalue weighted by Gasteiger charge is 2.16. The summed E-state index contributed by atoms with van der Waals surface area (Å²) in [5.74, 6) is -0.597. The van der Waals surface area contributed by atoms with Crippen molar-refractivity contribution in [1.82, 2.24) is 0 Å². The Bertz CT molecular complexity index is 480. The van der Waals surface area contributed by atoms with Crippen LogP contribution in [0.2, 0.25) is 0 Å². The molecule has 0 aliphatic carbocycles. The van der Waals surface area contributed by atoms with Gasteiger partial charge in [0.05, 0.1) is 6.61 Å². The molecule has 0 aromatic heterocycles. The Hall–Kier alpha value is -1.10. The van der Waals surface area contributed by atoms with Crippen molar-refractivity contribution in [2.75, 3.05) is 13.2 Å². The quantitative estimate of drug-likeness (QED) is 0.0837. The molecular formula is C31H60O5. The van der Waals surface area contributed by atoms with Gasteiger partial charge in [-0.15, -0.1) is 0 Å². The lowest BCUT2D eigenvalue weighted by molar-refractivity contribution is -0.161. The van der Waals surface area contributed by atoms with Crippen LogP contribution in [0.25, 0.3) is 0 Å². The van der Waals surface area contributed by atoms with Gasteiger partial charge in [-0.05, 0) is 12.8 Å². The molecule has 5 heteroatoms. The standard InChI is InChI=1S/C31H60O5/c1-3-5-7-9-10-11-12-13-14-15-16-17-18-19-20-22-24-26-31(34)36-29(27-32)28-35-30(33)25-23-21-8-6-4-2/h29,32H,3-28H2,1-2H3. The SMILES string of the molecule is CCCCCCCCCCCCCCCCCCCC(=O)OC(CO)COC(=O)CCCCCCC. The van der Waals surface area contributed by atoms with Crippen molar-refractivity contribution in [3.05, 3.63) is 0 Å². The van der Waals surface area contributed by atoms with E-state index in [2.05, 4.69) is 13.8 Å². The number of unbranched alkanes of at least 4 members (excludes halogenated alkanes) is 20. The van der Waals surface area contributed by atoms with E-state index in [1.807, 2.05) is 0 Å². The highest BCUT2D eigenvalue weighted by molar-refractivity contribution is 5.70. The van der Waals surface area contributed by atoms with Crippen molar-refractivity contribution < 1.29 is 24.2 Å². The fourth-order valence-electron chi connectivity index (χ4n) is 4.49. The zero-order chi connectivity index (χ0) is 26.5. The van der Waals surface area contributed by atoms with Crippen LogP contribution in [0.3, 0.4) is 0 Å².